The molecule has 0 aromatic heterocycles. The molecule has 0 unspecified atom stereocenters. The molecular weight excluding hydrogens is 378 g/mol. The van der Waals surface area contributed by atoms with Gasteiger partial charge in [-0.05, 0) is 61.1 Å². The Balaban J connectivity index is 1.43. The molecule has 1 saturated heterocycles. The molecule has 1 aliphatic carbocycles. The number of aliphatic hydroxyl groups is 1. The van der Waals surface area contributed by atoms with Crippen LogP contribution in [0.25, 0.3) is 0 Å². The third kappa shape index (κ3) is 3.82. The highest BCUT2D eigenvalue weighted by Crippen LogP contribution is 2.39. The molecule has 148 valence electrons. The van der Waals surface area contributed by atoms with Crippen molar-refractivity contribution in [1.82, 2.24) is 4.90 Å². The zero-order valence-corrected chi connectivity index (χ0v) is 16.5. The van der Waals surface area contributed by atoms with Crippen molar-refractivity contribution in [2.24, 2.45) is 11.8 Å². The van der Waals surface area contributed by atoms with Gasteiger partial charge < -0.3 is 19.5 Å². The van der Waals surface area contributed by atoms with Crippen LogP contribution < -0.4 is 9.47 Å². The average molecular weight is 402 g/mol. The molecule has 2 aliphatic rings. The first kappa shape index (κ1) is 19.1. The van der Waals surface area contributed by atoms with Crippen LogP contribution >= 0.6 is 11.6 Å². The predicted octanol–water partition coefficient (Wildman–Crippen LogP) is 3.64. The van der Waals surface area contributed by atoms with E-state index in [1.807, 2.05) is 29.2 Å². The van der Waals surface area contributed by atoms with E-state index in [2.05, 4.69) is 0 Å². The Kier molecular flexibility index (Phi) is 5.47. The minimum atomic E-state index is -0.559. The highest BCUT2D eigenvalue weighted by atomic mass is 35.5. The van der Waals surface area contributed by atoms with Gasteiger partial charge in [-0.25, -0.2) is 0 Å². The summed E-state index contributed by atoms with van der Waals surface area (Å²) in [6, 6.07) is 14.5. The standard InChI is InChI=1S/C22H24ClNO4/c1-27-19-4-2-3-5-20(19)28-21-11-16-13-24(12-15(16)10-18(21)25)22(26)14-6-8-17(23)9-7-14/h2-9,15-16,18,21,25H,10-13H2,1H3/t15-,16+,18+,21+/m0/s1. The van der Waals surface area contributed by atoms with E-state index < -0.39 is 6.10 Å². The fourth-order valence-corrected chi connectivity index (χ4v) is 4.46. The molecule has 1 aliphatic heterocycles. The van der Waals surface area contributed by atoms with Crippen molar-refractivity contribution < 1.29 is 19.4 Å². The molecule has 4 rings (SSSR count). The van der Waals surface area contributed by atoms with E-state index in [1.165, 1.54) is 0 Å². The number of hydrogen-bond donors (Lipinski definition) is 1. The molecular formula is C22H24ClNO4. The molecule has 0 bridgehead atoms. The lowest BCUT2D eigenvalue weighted by atomic mass is 9.78. The van der Waals surface area contributed by atoms with Gasteiger partial charge >= 0.3 is 0 Å². The molecule has 1 amide bonds. The van der Waals surface area contributed by atoms with Gasteiger partial charge in [-0.3, -0.25) is 4.79 Å². The topological polar surface area (TPSA) is 59.0 Å². The van der Waals surface area contributed by atoms with Crippen molar-refractivity contribution >= 4 is 17.5 Å². The summed E-state index contributed by atoms with van der Waals surface area (Å²) in [7, 11) is 1.60. The van der Waals surface area contributed by atoms with Crippen LogP contribution in [0.1, 0.15) is 23.2 Å². The second kappa shape index (κ2) is 8.02. The predicted molar refractivity (Wildman–Crippen MR) is 107 cm³/mol. The van der Waals surface area contributed by atoms with Gasteiger partial charge in [0.25, 0.3) is 5.91 Å². The zero-order valence-electron chi connectivity index (χ0n) is 15.8. The number of fused-ring (bicyclic) bond motifs is 1. The summed E-state index contributed by atoms with van der Waals surface area (Å²) in [6.45, 7) is 1.36. The summed E-state index contributed by atoms with van der Waals surface area (Å²) < 4.78 is 11.4. The summed E-state index contributed by atoms with van der Waals surface area (Å²) in [4.78, 5) is 14.7. The fourth-order valence-electron chi connectivity index (χ4n) is 4.34. The monoisotopic (exact) mass is 401 g/mol. The summed E-state index contributed by atoms with van der Waals surface area (Å²) in [6.07, 6.45) is 0.489. The van der Waals surface area contributed by atoms with Gasteiger partial charge in [-0.1, -0.05) is 23.7 Å². The minimum Gasteiger partial charge on any atom is -0.493 e. The van der Waals surface area contributed by atoms with Gasteiger partial charge in [-0.15, -0.1) is 0 Å². The number of para-hydroxylation sites is 2. The van der Waals surface area contributed by atoms with Crippen LogP contribution in [-0.4, -0.2) is 48.3 Å². The molecule has 1 N–H and O–H groups in total. The van der Waals surface area contributed by atoms with Crippen LogP contribution in [0.3, 0.4) is 0 Å². The van der Waals surface area contributed by atoms with E-state index in [0.29, 0.717) is 59.9 Å². The second-order valence-corrected chi connectivity index (χ2v) is 8.02. The van der Waals surface area contributed by atoms with Crippen LogP contribution in [-0.2, 0) is 0 Å². The molecule has 0 radical (unpaired) electrons. The summed E-state index contributed by atoms with van der Waals surface area (Å²) in [5, 5.41) is 11.2. The van der Waals surface area contributed by atoms with E-state index in [9.17, 15) is 9.90 Å². The first-order chi connectivity index (χ1) is 13.5. The smallest absolute Gasteiger partial charge is 0.253 e. The average Bonchev–Trinajstić information content (AvgIpc) is 3.11. The molecule has 2 aromatic carbocycles. The molecule has 1 saturated carbocycles. The Hall–Kier alpha value is -2.24. The van der Waals surface area contributed by atoms with Gasteiger partial charge in [-0.2, -0.15) is 0 Å². The summed E-state index contributed by atoms with van der Waals surface area (Å²) in [5.41, 5.74) is 0.644. The molecule has 28 heavy (non-hydrogen) atoms. The lowest BCUT2D eigenvalue weighted by Gasteiger charge is -2.35. The van der Waals surface area contributed by atoms with Crippen molar-refractivity contribution in [1.29, 1.82) is 0 Å². The number of nitrogens with zero attached hydrogens (tertiary/aromatic N) is 1. The van der Waals surface area contributed by atoms with Crippen LogP contribution in [0, 0.1) is 11.8 Å². The summed E-state index contributed by atoms with van der Waals surface area (Å²) >= 11 is 5.92. The molecule has 6 heteroatoms. The number of rotatable bonds is 4. The van der Waals surface area contributed by atoms with Crippen molar-refractivity contribution in [3.63, 3.8) is 0 Å². The van der Waals surface area contributed by atoms with E-state index in [1.54, 1.807) is 31.4 Å². The number of methoxy groups -OCH3 is 1. The van der Waals surface area contributed by atoms with E-state index in [0.717, 1.165) is 0 Å². The first-order valence-corrected chi connectivity index (χ1v) is 9.95. The summed E-state index contributed by atoms with van der Waals surface area (Å²) in [5.74, 6) is 1.92. The number of aliphatic hydroxyl groups excluding tert-OH is 1. The lowest BCUT2D eigenvalue weighted by molar-refractivity contribution is -0.0240. The quantitative estimate of drug-likeness (QED) is 0.849. The van der Waals surface area contributed by atoms with Crippen LogP contribution in [0.15, 0.2) is 48.5 Å². The molecule has 0 spiro atoms. The third-order valence-electron chi connectivity index (χ3n) is 5.81. The van der Waals surface area contributed by atoms with Crippen molar-refractivity contribution in [3.8, 4) is 11.5 Å². The van der Waals surface area contributed by atoms with Crippen LogP contribution in [0.2, 0.25) is 5.02 Å². The Labute approximate surface area is 169 Å². The number of carbonyl (C=O) groups excluding carboxylic acids is 1. The van der Waals surface area contributed by atoms with Gasteiger partial charge in [0.2, 0.25) is 0 Å². The number of amides is 1. The molecule has 5 nitrogen and oxygen atoms in total. The number of benzene rings is 2. The fraction of sp³-hybridized carbons (Fsp3) is 0.409. The van der Waals surface area contributed by atoms with Crippen LogP contribution in [0.5, 0.6) is 11.5 Å². The highest BCUT2D eigenvalue weighted by molar-refractivity contribution is 6.30. The first-order valence-electron chi connectivity index (χ1n) is 9.57. The molecule has 1 heterocycles. The van der Waals surface area contributed by atoms with Crippen molar-refractivity contribution in [2.45, 2.75) is 25.0 Å². The number of likely N-dealkylation sites (tertiary alicyclic amines) is 1. The Morgan fingerprint density at radius 2 is 1.68 bits per heavy atom. The number of ether oxygens (including phenoxy) is 2. The highest BCUT2D eigenvalue weighted by Gasteiger charge is 2.44. The Morgan fingerprint density at radius 1 is 1.04 bits per heavy atom. The van der Waals surface area contributed by atoms with E-state index in [-0.39, 0.29) is 12.0 Å². The van der Waals surface area contributed by atoms with Gasteiger partial charge in [0.15, 0.2) is 11.5 Å². The van der Waals surface area contributed by atoms with Gasteiger partial charge in [0.05, 0.1) is 13.2 Å². The van der Waals surface area contributed by atoms with E-state index >= 15 is 0 Å². The van der Waals surface area contributed by atoms with Gasteiger partial charge in [0, 0.05) is 23.7 Å². The van der Waals surface area contributed by atoms with Gasteiger partial charge in [0.1, 0.15) is 6.10 Å². The third-order valence-corrected chi connectivity index (χ3v) is 6.06. The van der Waals surface area contributed by atoms with E-state index in [4.69, 9.17) is 21.1 Å². The Bertz CT molecular complexity index is 841. The maximum atomic E-state index is 12.8. The largest absolute Gasteiger partial charge is 0.493 e. The number of hydrogen-bond acceptors (Lipinski definition) is 4. The second-order valence-electron chi connectivity index (χ2n) is 7.58. The lowest BCUT2D eigenvalue weighted by Crippen LogP contribution is -2.42. The maximum Gasteiger partial charge on any atom is 0.253 e. The van der Waals surface area contributed by atoms with Crippen molar-refractivity contribution in [3.05, 3.63) is 59.1 Å². The molecule has 2 fully saturated rings. The van der Waals surface area contributed by atoms with Crippen LogP contribution in [0.4, 0.5) is 0 Å². The SMILES string of the molecule is COc1ccccc1O[C@@H]1C[C@@H]2CN(C(=O)c3ccc(Cl)cc3)C[C@@H]2C[C@H]1O. The molecule has 4 atom stereocenters. The number of halogens is 1. The normalized spacial score (nSPS) is 26.6. The van der Waals surface area contributed by atoms with Crippen molar-refractivity contribution in [2.75, 3.05) is 20.2 Å². The maximum absolute atomic E-state index is 12.8. The zero-order chi connectivity index (χ0) is 19.7. The minimum absolute atomic E-state index is 0.0164. The Morgan fingerprint density at radius 3 is 2.36 bits per heavy atom. The molecule has 2 aromatic rings. The number of carbonyl (C=O) groups is 1.